The number of methoxy groups -OCH3 is 1. The molecule has 3 heterocycles. The number of nitrogens with one attached hydrogen (secondary N) is 1. The zero-order chi connectivity index (χ0) is 19.1. The monoisotopic (exact) mass is 385 g/mol. The molecule has 0 radical (unpaired) electrons. The first-order valence-electron chi connectivity index (χ1n) is 8.74. The Balaban J connectivity index is 1.48. The number of carbonyl (C=O) groups is 1. The molecule has 0 unspecified atom stereocenters. The van der Waals surface area contributed by atoms with E-state index in [2.05, 4.69) is 15.3 Å². The van der Waals surface area contributed by atoms with Crippen LogP contribution in [0.4, 0.5) is 5.69 Å². The molecular formula is C22H15N3O2S. The molecule has 3 aromatic heterocycles. The van der Waals surface area contributed by atoms with Crippen LogP contribution in [0.3, 0.4) is 0 Å². The van der Waals surface area contributed by atoms with Crippen molar-refractivity contribution in [3.8, 4) is 5.75 Å². The van der Waals surface area contributed by atoms with Gasteiger partial charge < -0.3 is 10.1 Å². The van der Waals surface area contributed by atoms with Crippen LogP contribution in [-0.4, -0.2) is 23.0 Å². The second-order valence-electron chi connectivity index (χ2n) is 6.42. The van der Waals surface area contributed by atoms with E-state index in [1.807, 2.05) is 60.7 Å². The molecular weight excluding hydrogens is 370 g/mol. The molecule has 1 N–H and O–H groups in total. The molecule has 0 aliphatic heterocycles. The number of aromatic nitrogens is 2. The Labute approximate surface area is 164 Å². The molecule has 0 spiro atoms. The molecule has 1 amide bonds. The number of nitrogens with zero attached hydrogens (tertiary/aromatic N) is 2. The summed E-state index contributed by atoms with van der Waals surface area (Å²) in [4.78, 5) is 23.2. The molecule has 0 saturated heterocycles. The molecule has 5 nitrogen and oxygen atoms in total. The summed E-state index contributed by atoms with van der Waals surface area (Å²) in [6.45, 7) is 0. The summed E-state index contributed by atoms with van der Waals surface area (Å²) in [5, 5.41) is 5.88. The van der Waals surface area contributed by atoms with Gasteiger partial charge in [-0.15, -0.1) is 11.3 Å². The SMILES string of the molecule is COc1ccc2cc3cc(C(=O)Nc4cnc5ccccc5c4)sc3nc2c1. The summed E-state index contributed by atoms with van der Waals surface area (Å²) in [5.41, 5.74) is 2.41. The number of thiophene rings is 1. The van der Waals surface area contributed by atoms with E-state index in [0.29, 0.717) is 10.6 Å². The van der Waals surface area contributed by atoms with E-state index in [0.717, 1.165) is 37.8 Å². The number of para-hydroxylation sites is 1. The normalized spacial score (nSPS) is 11.2. The minimum absolute atomic E-state index is 0.165. The van der Waals surface area contributed by atoms with Crippen molar-refractivity contribution in [3.63, 3.8) is 0 Å². The number of fused-ring (bicyclic) bond motifs is 3. The Morgan fingerprint density at radius 2 is 1.82 bits per heavy atom. The van der Waals surface area contributed by atoms with Crippen molar-refractivity contribution < 1.29 is 9.53 Å². The van der Waals surface area contributed by atoms with Crippen LogP contribution in [0.5, 0.6) is 5.75 Å². The highest BCUT2D eigenvalue weighted by Crippen LogP contribution is 2.29. The van der Waals surface area contributed by atoms with Gasteiger partial charge in [-0.3, -0.25) is 9.78 Å². The molecule has 6 heteroatoms. The minimum Gasteiger partial charge on any atom is -0.497 e. The maximum atomic E-state index is 12.7. The molecule has 136 valence electrons. The predicted octanol–water partition coefficient (Wildman–Crippen LogP) is 5.26. The molecule has 0 aliphatic rings. The molecule has 0 atom stereocenters. The number of hydrogen-bond acceptors (Lipinski definition) is 5. The van der Waals surface area contributed by atoms with Crippen LogP contribution in [0.15, 0.2) is 66.9 Å². The van der Waals surface area contributed by atoms with Crippen molar-refractivity contribution in [2.45, 2.75) is 0 Å². The van der Waals surface area contributed by atoms with Gasteiger partial charge in [-0.2, -0.15) is 0 Å². The van der Waals surface area contributed by atoms with E-state index >= 15 is 0 Å². The van der Waals surface area contributed by atoms with Gasteiger partial charge in [0.15, 0.2) is 0 Å². The third-order valence-corrected chi connectivity index (χ3v) is 5.63. The smallest absolute Gasteiger partial charge is 0.265 e. The van der Waals surface area contributed by atoms with E-state index in [9.17, 15) is 4.79 Å². The van der Waals surface area contributed by atoms with Crippen molar-refractivity contribution in [2.75, 3.05) is 12.4 Å². The highest BCUT2D eigenvalue weighted by Gasteiger charge is 2.13. The Bertz CT molecular complexity index is 1360. The van der Waals surface area contributed by atoms with E-state index in [1.54, 1.807) is 13.3 Å². The Kier molecular flexibility index (Phi) is 3.91. The second-order valence-corrected chi connectivity index (χ2v) is 7.45. The van der Waals surface area contributed by atoms with Crippen LogP contribution in [0.2, 0.25) is 0 Å². The lowest BCUT2D eigenvalue weighted by atomic mass is 10.2. The van der Waals surface area contributed by atoms with Gasteiger partial charge in [-0.1, -0.05) is 18.2 Å². The Hall–Kier alpha value is -3.51. The van der Waals surface area contributed by atoms with Gasteiger partial charge in [-0.25, -0.2) is 4.98 Å². The molecule has 5 rings (SSSR count). The second kappa shape index (κ2) is 6.58. The molecule has 0 fully saturated rings. The highest BCUT2D eigenvalue weighted by atomic mass is 32.1. The lowest BCUT2D eigenvalue weighted by Gasteiger charge is -2.04. The predicted molar refractivity (Wildman–Crippen MR) is 113 cm³/mol. The van der Waals surface area contributed by atoms with Crippen LogP contribution < -0.4 is 10.1 Å². The minimum atomic E-state index is -0.165. The van der Waals surface area contributed by atoms with Gasteiger partial charge in [0.2, 0.25) is 0 Å². The quantitative estimate of drug-likeness (QED) is 0.460. The molecule has 0 bridgehead atoms. The first-order valence-corrected chi connectivity index (χ1v) is 9.56. The first-order chi connectivity index (χ1) is 13.7. The Morgan fingerprint density at radius 1 is 0.964 bits per heavy atom. The lowest BCUT2D eigenvalue weighted by Crippen LogP contribution is -2.10. The van der Waals surface area contributed by atoms with Crippen LogP contribution in [0, 0.1) is 0 Å². The van der Waals surface area contributed by atoms with Gasteiger partial charge in [-0.05, 0) is 36.4 Å². The van der Waals surface area contributed by atoms with Crippen molar-refractivity contribution in [1.29, 1.82) is 0 Å². The van der Waals surface area contributed by atoms with Crippen molar-refractivity contribution >= 4 is 55.0 Å². The van der Waals surface area contributed by atoms with Crippen molar-refractivity contribution in [2.24, 2.45) is 0 Å². The first kappa shape index (κ1) is 16.6. The third-order valence-electron chi connectivity index (χ3n) is 4.58. The van der Waals surface area contributed by atoms with Gasteiger partial charge >= 0.3 is 0 Å². The van der Waals surface area contributed by atoms with Gasteiger partial charge in [0.05, 0.1) is 34.9 Å². The number of benzene rings is 2. The number of hydrogen-bond donors (Lipinski definition) is 1. The topological polar surface area (TPSA) is 64.1 Å². The Morgan fingerprint density at radius 3 is 2.71 bits per heavy atom. The maximum Gasteiger partial charge on any atom is 0.265 e. The van der Waals surface area contributed by atoms with E-state index in [-0.39, 0.29) is 5.91 Å². The average Bonchev–Trinajstić information content (AvgIpc) is 3.14. The van der Waals surface area contributed by atoms with Crippen LogP contribution in [0.25, 0.3) is 32.0 Å². The maximum absolute atomic E-state index is 12.7. The fraction of sp³-hybridized carbons (Fsp3) is 0.0455. The number of rotatable bonds is 3. The standard InChI is InChI=1S/C22H15N3O2S/c1-27-17-7-6-14-8-15-10-20(28-22(15)25-19(14)11-17)21(26)24-16-9-13-4-2-3-5-18(13)23-12-16/h2-12H,1H3,(H,24,26). The number of carbonyl (C=O) groups excluding carboxylic acids is 1. The summed E-state index contributed by atoms with van der Waals surface area (Å²) >= 11 is 1.37. The molecule has 2 aromatic carbocycles. The van der Waals surface area contributed by atoms with E-state index < -0.39 is 0 Å². The number of pyridine rings is 2. The van der Waals surface area contributed by atoms with Gasteiger partial charge in [0, 0.05) is 22.2 Å². The number of anilines is 1. The van der Waals surface area contributed by atoms with Crippen LogP contribution in [-0.2, 0) is 0 Å². The summed E-state index contributed by atoms with van der Waals surface area (Å²) in [6.07, 6.45) is 1.67. The van der Waals surface area contributed by atoms with Crippen molar-refractivity contribution in [1.82, 2.24) is 9.97 Å². The molecule has 0 aliphatic carbocycles. The lowest BCUT2D eigenvalue weighted by molar-refractivity contribution is 0.103. The number of amides is 1. The van der Waals surface area contributed by atoms with Gasteiger partial charge in [0.1, 0.15) is 10.6 Å². The molecule has 0 saturated carbocycles. The molecule has 5 aromatic rings. The fourth-order valence-electron chi connectivity index (χ4n) is 3.18. The average molecular weight is 385 g/mol. The third kappa shape index (κ3) is 2.93. The largest absolute Gasteiger partial charge is 0.497 e. The van der Waals surface area contributed by atoms with Crippen LogP contribution in [0.1, 0.15) is 9.67 Å². The summed E-state index contributed by atoms with van der Waals surface area (Å²) in [6, 6.07) is 19.4. The number of ether oxygens (including phenoxy) is 1. The van der Waals surface area contributed by atoms with E-state index in [4.69, 9.17) is 4.74 Å². The van der Waals surface area contributed by atoms with Gasteiger partial charge in [0.25, 0.3) is 5.91 Å². The van der Waals surface area contributed by atoms with Crippen LogP contribution >= 0.6 is 11.3 Å². The zero-order valence-electron chi connectivity index (χ0n) is 15.0. The fourth-order valence-corrected chi connectivity index (χ4v) is 4.09. The van der Waals surface area contributed by atoms with E-state index in [1.165, 1.54) is 11.3 Å². The summed E-state index contributed by atoms with van der Waals surface area (Å²) in [5.74, 6) is 0.597. The summed E-state index contributed by atoms with van der Waals surface area (Å²) < 4.78 is 5.27. The summed E-state index contributed by atoms with van der Waals surface area (Å²) in [7, 11) is 1.63. The zero-order valence-corrected chi connectivity index (χ0v) is 15.8. The highest BCUT2D eigenvalue weighted by molar-refractivity contribution is 7.20. The molecule has 28 heavy (non-hydrogen) atoms. The van der Waals surface area contributed by atoms with Crippen molar-refractivity contribution in [3.05, 3.63) is 71.7 Å².